The van der Waals surface area contributed by atoms with Crippen LogP contribution in [0, 0.1) is 17.8 Å². The maximum absolute atomic E-state index is 11.6. The van der Waals surface area contributed by atoms with Gasteiger partial charge in [0.15, 0.2) is 0 Å². The summed E-state index contributed by atoms with van der Waals surface area (Å²) >= 11 is 0. The molecule has 14 heavy (non-hydrogen) atoms. The van der Waals surface area contributed by atoms with Gasteiger partial charge in [-0.15, -0.1) is 0 Å². The molecular formula is C12H18O2. The highest BCUT2D eigenvalue weighted by Crippen LogP contribution is 2.53. The Bertz CT molecular complexity index is 229. The third kappa shape index (κ3) is 1.84. The van der Waals surface area contributed by atoms with Crippen LogP contribution in [0.5, 0.6) is 0 Å². The zero-order valence-corrected chi connectivity index (χ0v) is 8.74. The van der Waals surface area contributed by atoms with Gasteiger partial charge in [-0.05, 0) is 44.4 Å². The molecule has 0 aromatic carbocycles. The van der Waals surface area contributed by atoms with Gasteiger partial charge in [-0.1, -0.05) is 12.2 Å². The van der Waals surface area contributed by atoms with Crippen LogP contribution in [-0.4, -0.2) is 12.6 Å². The standard InChI is InChI=1S/C12H18O2/c1-2-14-12(13)11-9-7-5-3-4-6-8-10(9)11/h3-4,9-11H,2,5-8H2,1H3/b4-3-. The summed E-state index contributed by atoms with van der Waals surface area (Å²) < 4.78 is 5.08. The van der Waals surface area contributed by atoms with Gasteiger partial charge in [0.2, 0.25) is 0 Å². The molecule has 0 bridgehead atoms. The van der Waals surface area contributed by atoms with Crippen LogP contribution in [0.15, 0.2) is 12.2 Å². The highest BCUT2D eigenvalue weighted by atomic mass is 16.5. The number of carbonyl (C=O) groups excluding carboxylic acids is 1. The average Bonchev–Trinajstić information content (AvgIpc) is 2.77. The lowest BCUT2D eigenvalue weighted by molar-refractivity contribution is -0.145. The van der Waals surface area contributed by atoms with Crippen molar-refractivity contribution in [2.45, 2.75) is 32.6 Å². The van der Waals surface area contributed by atoms with Crippen molar-refractivity contribution in [3.63, 3.8) is 0 Å². The minimum absolute atomic E-state index is 0.0457. The van der Waals surface area contributed by atoms with E-state index in [2.05, 4.69) is 12.2 Å². The van der Waals surface area contributed by atoms with Gasteiger partial charge < -0.3 is 4.74 Å². The van der Waals surface area contributed by atoms with E-state index in [4.69, 9.17) is 4.74 Å². The molecule has 2 atom stereocenters. The van der Waals surface area contributed by atoms with E-state index in [1.54, 1.807) is 0 Å². The Labute approximate surface area is 85.3 Å². The van der Waals surface area contributed by atoms with Crippen molar-refractivity contribution in [1.82, 2.24) is 0 Å². The van der Waals surface area contributed by atoms with E-state index >= 15 is 0 Å². The number of carbonyl (C=O) groups is 1. The highest BCUT2D eigenvalue weighted by molar-refractivity contribution is 5.76. The summed E-state index contributed by atoms with van der Waals surface area (Å²) in [5, 5.41) is 0. The second-order valence-electron chi connectivity index (χ2n) is 4.23. The zero-order chi connectivity index (χ0) is 9.97. The predicted molar refractivity (Wildman–Crippen MR) is 54.7 cm³/mol. The fourth-order valence-corrected chi connectivity index (χ4v) is 2.63. The average molecular weight is 194 g/mol. The Morgan fingerprint density at radius 2 is 1.86 bits per heavy atom. The first-order valence-electron chi connectivity index (χ1n) is 5.66. The molecule has 2 nitrogen and oxygen atoms in total. The van der Waals surface area contributed by atoms with Crippen LogP contribution in [0.4, 0.5) is 0 Å². The third-order valence-electron chi connectivity index (χ3n) is 3.39. The van der Waals surface area contributed by atoms with Crippen LogP contribution < -0.4 is 0 Å². The summed E-state index contributed by atoms with van der Waals surface area (Å²) in [4.78, 5) is 11.6. The van der Waals surface area contributed by atoms with Gasteiger partial charge in [-0.3, -0.25) is 4.79 Å². The number of hydrogen-bond donors (Lipinski definition) is 0. The maximum Gasteiger partial charge on any atom is 0.309 e. The van der Waals surface area contributed by atoms with E-state index < -0.39 is 0 Å². The van der Waals surface area contributed by atoms with Crippen LogP contribution in [-0.2, 0) is 9.53 Å². The first-order chi connectivity index (χ1) is 6.84. The zero-order valence-electron chi connectivity index (χ0n) is 8.74. The number of ether oxygens (including phenoxy) is 1. The molecule has 2 aliphatic carbocycles. The van der Waals surface area contributed by atoms with Crippen molar-refractivity contribution in [2.75, 3.05) is 6.61 Å². The molecule has 0 aliphatic heterocycles. The van der Waals surface area contributed by atoms with Crippen molar-refractivity contribution in [2.24, 2.45) is 17.8 Å². The van der Waals surface area contributed by atoms with Crippen LogP contribution in [0.1, 0.15) is 32.6 Å². The summed E-state index contributed by atoms with van der Waals surface area (Å²) in [7, 11) is 0. The molecule has 78 valence electrons. The molecule has 0 aromatic rings. The molecule has 0 radical (unpaired) electrons. The Balaban J connectivity index is 1.90. The Hall–Kier alpha value is -0.790. The molecule has 2 heteroatoms. The lowest BCUT2D eigenvalue weighted by atomic mass is 10.1. The number of hydrogen-bond acceptors (Lipinski definition) is 2. The quantitative estimate of drug-likeness (QED) is 0.499. The van der Waals surface area contributed by atoms with Gasteiger partial charge in [0.25, 0.3) is 0 Å². The normalized spacial score (nSPS) is 37.6. The van der Waals surface area contributed by atoms with Gasteiger partial charge >= 0.3 is 5.97 Å². The van der Waals surface area contributed by atoms with Crippen molar-refractivity contribution in [3.05, 3.63) is 12.2 Å². The van der Waals surface area contributed by atoms with E-state index in [1.165, 1.54) is 12.8 Å². The van der Waals surface area contributed by atoms with E-state index in [-0.39, 0.29) is 11.9 Å². The molecule has 1 saturated carbocycles. The van der Waals surface area contributed by atoms with Gasteiger partial charge in [0.05, 0.1) is 12.5 Å². The van der Waals surface area contributed by atoms with Crippen LogP contribution in [0.2, 0.25) is 0 Å². The summed E-state index contributed by atoms with van der Waals surface area (Å²) in [6.45, 7) is 2.40. The van der Waals surface area contributed by atoms with Crippen LogP contribution in [0.3, 0.4) is 0 Å². The number of esters is 1. The molecule has 2 unspecified atom stereocenters. The monoisotopic (exact) mass is 194 g/mol. The molecule has 2 aliphatic rings. The minimum atomic E-state index is 0.0457. The van der Waals surface area contributed by atoms with E-state index in [1.807, 2.05) is 6.92 Å². The fourth-order valence-electron chi connectivity index (χ4n) is 2.63. The third-order valence-corrected chi connectivity index (χ3v) is 3.39. The summed E-state index contributed by atoms with van der Waals surface area (Å²) in [6, 6.07) is 0. The number of allylic oxidation sites excluding steroid dienone is 2. The van der Waals surface area contributed by atoms with Gasteiger partial charge in [-0.2, -0.15) is 0 Å². The van der Waals surface area contributed by atoms with Gasteiger partial charge in [0, 0.05) is 0 Å². The Kier molecular flexibility index (Phi) is 2.90. The van der Waals surface area contributed by atoms with E-state index in [0.29, 0.717) is 18.4 Å². The van der Waals surface area contributed by atoms with E-state index in [0.717, 1.165) is 12.8 Å². The molecule has 0 aromatic heterocycles. The molecule has 0 spiro atoms. The molecule has 2 rings (SSSR count). The maximum atomic E-state index is 11.6. The molecule has 0 amide bonds. The summed E-state index contributed by atoms with van der Waals surface area (Å²) in [5.74, 6) is 1.53. The fraction of sp³-hybridized carbons (Fsp3) is 0.750. The first kappa shape index (κ1) is 9.75. The first-order valence-corrected chi connectivity index (χ1v) is 5.66. The molecule has 1 fully saturated rings. The second-order valence-corrected chi connectivity index (χ2v) is 4.23. The highest BCUT2D eigenvalue weighted by Gasteiger charge is 2.54. The van der Waals surface area contributed by atoms with E-state index in [9.17, 15) is 4.79 Å². The van der Waals surface area contributed by atoms with Crippen LogP contribution in [0.25, 0.3) is 0 Å². The molecule has 0 heterocycles. The van der Waals surface area contributed by atoms with Crippen molar-refractivity contribution >= 4 is 5.97 Å². The topological polar surface area (TPSA) is 26.3 Å². The minimum Gasteiger partial charge on any atom is -0.466 e. The van der Waals surface area contributed by atoms with Crippen LogP contribution >= 0.6 is 0 Å². The number of fused-ring (bicyclic) bond motifs is 1. The second kappa shape index (κ2) is 4.16. The summed E-state index contributed by atoms with van der Waals surface area (Å²) in [6.07, 6.45) is 9.11. The predicted octanol–water partition coefficient (Wildman–Crippen LogP) is 2.54. The molecular weight excluding hydrogens is 176 g/mol. The van der Waals surface area contributed by atoms with Crippen molar-refractivity contribution in [1.29, 1.82) is 0 Å². The summed E-state index contributed by atoms with van der Waals surface area (Å²) in [5.41, 5.74) is 0. The SMILES string of the molecule is CCOC(=O)C1C2CC/C=C\CCC21. The Morgan fingerprint density at radius 1 is 1.29 bits per heavy atom. The largest absolute Gasteiger partial charge is 0.466 e. The van der Waals surface area contributed by atoms with Gasteiger partial charge in [-0.25, -0.2) is 0 Å². The number of rotatable bonds is 2. The van der Waals surface area contributed by atoms with Crippen molar-refractivity contribution < 1.29 is 9.53 Å². The smallest absolute Gasteiger partial charge is 0.309 e. The lowest BCUT2D eigenvalue weighted by Gasteiger charge is -1.99. The van der Waals surface area contributed by atoms with Gasteiger partial charge in [0.1, 0.15) is 0 Å². The Morgan fingerprint density at radius 3 is 2.36 bits per heavy atom. The molecule has 0 N–H and O–H groups in total. The molecule has 0 saturated heterocycles. The lowest BCUT2D eigenvalue weighted by Crippen LogP contribution is -2.08. The van der Waals surface area contributed by atoms with Crippen molar-refractivity contribution in [3.8, 4) is 0 Å².